The van der Waals surface area contributed by atoms with Crippen LogP contribution in [0.25, 0.3) is 0 Å². The number of fused-ring (bicyclic) bond motifs is 5. The normalized spacial score (nSPS) is 35.0. The van der Waals surface area contributed by atoms with Crippen molar-refractivity contribution in [1.29, 1.82) is 0 Å². The van der Waals surface area contributed by atoms with E-state index in [2.05, 4.69) is 0 Å². The molecule has 0 unspecified atom stereocenters. The van der Waals surface area contributed by atoms with E-state index in [1.165, 1.54) is 7.11 Å². The molecule has 1 aromatic carbocycles. The van der Waals surface area contributed by atoms with Crippen molar-refractivity contribution in [3.63, 3.8) is 0 Å². The van der Waals surface area contributed by atoms with Gasteiger partial charge >= 0.3 is 17.9 Å². The van der Waals surface area contributed by atoms with Gasteiger partial charge in [0.05, 0.1) is 17.9 Å². The zero-order valence-electron chi connectivity index (χ0n) is 31.6. The molecule has 7 rings (SSSR count). The molecule has 11 heteroatoms. The molecule has 11 nitrogen and oxygen atoms in total. The van der Waals surface area contributed by atoms with Gasteiger partial charge in [-0.1, -0.05) is 45.9 Å². The minimum atomic E-state index is -1.23. The Morgan fingerprint density at radius 2 is 1.37 bits per heavy atom. The molecule has 2 amide bonds. The topological polar surface area (TPSA) is 140 Å². The molecule has 0 aromatic heterocycles. The second-order valence-corrected chi connectivity index (χ2v) is 17.4. The highest BCUT2D eigenvalue weighted by Gasteiger charge is 2.77. The molecule has 51 heavy (non-hydrogen) atoms. The molecule has 2 saturated carbocycles. The number of hydrogen-bond acceptors (Lipinski definition) is 9. The molecular formula is C40H56N2O9. The van der Waals surface area contributed by atoms with Crippen LogP contribution in [0.5, 0.6) is 0 Å². The Kier molecular flexibility index (Phi) is 9.21. The highest BCUT2D eigenvalue weighted by Crippen LogP contribution is 2.67. The predicted octanol–water partition coefficient (Wildman–Crippen LogP) is 4.85. The van der Waals surface area contributed by atoms with Crippen LogP contribution in [0.3, 0.4) is 0 Å². The molecule has 4 heterocycles. The minimum Gasteiger partial charge on any atom is -0.469 e. The van der Waals surface area contributed by atoms with Gasteiger partial charge in [0.25, 0.3) is 11.8 Å². The number of nitrogens with zero attached hydrogens (tertiary/aromatic N) is 2. The number of methoxy groups -OCH3 is 1. The van der Waals surface area contributed by atoms with E-state index in [9.17, 15) is 24.0 Å². The van der Waals surface area contributed by atoms with Gasteiger partial charge in [-0.15, -0.1) is 0 Å². The Labute approximate surface area is 301 Å². The first-order chi connectivity index (χ1) is 24.0. The lowest BCUT2D eigenvalue weighted by atomic mass is 9.65. The smallest absolute Gasteiger partial charge is 0.313 e. The summed E-state index contributed by atoms with van der Waals surface area (Å²) in [6, 6.07) is 7.93. The molecule has 6 atom stereocenters. The van der Waals surface area contributed by atoms with Crippen LogP contribution in [0.2, 0.25) is 0 Å². The van der Waals surface area contributed by atoms with Crippen molar-refractivity contribution in [2.75, 3.05) is 38.8 Å². The molecule has 1 N–H and O–H groups in total. The number of benzene rings is 1. The van der Waals surface area contributed by atoms with Gasteiger partial charge in [0.2, 0.25) is 0 Å². The van der Waals surface area contributed by atoms with Gasteiger partial charge in [0, 0.05) is 49.7 Å². The molecule has 4 aliphatic heterocycles. The minimum absolute atomic E-state index is 0.0178. The fourth-order valence-corrected chi connectivity index (χ4v) is 10.6. The van der Waals surface area contributed by atoms with Crippen LogP contribution < -0.4 is 4.90 Å². The SMILES string of the molecule is CO.COC(=O)C[C@H](CC1CCN(C(=O)[C@@]23CC[C@@](C)(C(=O)O2)C3(C)C)CC1)[C@H]1Cc2ccccc2N(C(=O)[C@@]23CC[C@@](C)(C(=O)O2)C3(C)C)C1. The first-order valence-corrected chi connectivity index (χ1v) is 18.7. The van der Waals surface area contributed by atoms with Crippen molar-refractivity contribution < 1.29 is 43.3 Å². The summed E-state index contributed by atoms with van der Waals surface area (Å²) in [7, 11) is 2.41. The Hall–Kier alpha value is -3.47. The highest BCUT2D eigenvalue weighted by atomic mass is 16.6. The standard InChI is InChI=1S/C39H52N2O8.CH4O/c1-34(2)36(5)14-16-38(34,48-32(36)45)30(43)40-18-12-24(13-19-40)20-26(22-29(42)47-7)27-21-25-10-8-9-11-28(25)41(23-27)31(44)39-17-15-37(6,33(46)49-39)35(39,3)4;1-2/h8-11,24,26-27H,12-23H2,1-7H3;2H,1H3/t26-,27-,36-,37-,38+,39+;/m0./s1. The number of esters is 3. The maximum absolute atomic E-state index is 14.7. The zero-order valence-corrected chi connectivity index (χ0v) is 31.6. The molecule has 1 aromatic rings. The van der Waals surface area contributed by atoms with Gasteiger partial charge in [0.1, 0.15) is 0 Å². The summed E-state index contributed by atoms with van der Waals surface area (Å²) in [5, 5.41) is 7.00. The first-order valence-electron chi connectivity index (χ1n) is 18.7. The average Bonchev–Trinajstić information content (AvgIpc) is 3.59. The van der Waals surface area contributed by atoms with Gasteiger partial charge in [-0.2, -0.15) is 0 Å². The Bertz CT molecular complexity index is 1610. The van der Waals surface area contributed by atoms with E-state index in [1.54, 1.807) is 0 Å². The molecule has 0 spiro atoms. The summed E-state index contributed by atoms with van der Waals surface area (Å²) in [6.45, 7) is 13.4. The summed E-state index contributed by atoms with van der Waals surface area (Å²) in [5.74, 6) is -0.904. The van der Waals surface area contributed by atoms with Crippen molar-refractivity contribution in [2.24, 2.45) is 39.4 Å². The lowest BCUT2D eigenvalue weighted by Crippen LogP contribution is -2.57. The molecule has 3 saturated heterocycles. The molecule has 4 bridgehead atoms. The first kappa shape index (κ1) is 37.3. The van der Waals surface area contributed by atoms with Crippen LogP contribution in [0, 0.1) is 39.4 Å². The predicted molar refractivity (Wildman–Crippen MR) is 188 cm³/mol. The molecule has 280 valence electrons. The number of anilines is 1. The van der Waals surface area contributed by atoms with Crippen LogP contribution >= 0.6 is 0 Å². The molecular weight excluding hydrogens is 652 g/mol. The van der Waals surface area contributed by atoms with Crippen LogP contribution in [0.1, 0.15) is 98.5 Å². The summed E-state index contributed by atoms with van der Waals surface area (Å²) < 4.78 is 17.1. The van der Waals surface area contributed by atoms with Crippen molar-refractivity contribution >= 4 is 35.4 Å². The third-order valence-electron chi connectivity index (χ3n) is 15.1. The number of aliphatic hydroxyl groups is 1. The highest BCUT2D eigenvalue weighted by molar-refractivity contribution is 6.05. The van der Waals surface area contributed by atoms with Gasteiger partial charge in [-0.3, -0.25) is 24.0 Å². The third kappa shape index (κ3) is 5.02. The van der Waals surface area contributed by atoms with Crippen molar-refractivity contribution in [3.8, 4) is 0 Å². The largest absolute Gasteiger partial charge is 0.469 e. The van der Waals surface area contributed by atoms with E-state index in [4.69, 9.17) is 19.3 Å². The number of ether oxygens (including phenoxy) is 3. The number of piperidine rings is 1. The van der Waals surface area contributed by atoms with E-state index in [0.29, 0.717) is 51.7 Å². The van der Waals surface area contributed by atoms with Crippen LogP contribution in [-0.2, 0) is 44.6 Å². The molecule has 2 aliphatic carbocycles. The summed E-state index contributed by atoms with van der Waals surface area (Å²) in [5.41, 5.74) is -3.08. The van der Waals surface area contributed by atoms with Gasteiger partial charge in [0.15, 0.2) is 11.2 Å². The van der Waals surface area contributed by atoms with E-state index in [0.717, 1.165) is 37.6 Å². The van der Waals surface area contributed by atoms with Crippen molar-refractivity contribution in [3.05, 3.63) is 29.8 Å². The second-order valence-electron chi connectivity index (χ2n) is 17.4. The number of carbonyl (C=O) groups excluding carboxylic acids is 5. The van der Waals surface area contributed by atoms with Gasteiger partial charge in [-0.05, 0) is 94.6 Å². The number of carbonyl (C=O) groups is 5. The van der Waals surface area contributed by atoms with Gasteiger partial charge < -0.3 is 29.1 Å². The van der Waals surface area contributed by atoms with Crippen LogP contribution in [0.4, 0.5) is 5.69 Å². The number of amides is 2. The zero-order chi connectivity index (χ0) is 37.4. The van der Waals surface area contributed by atoms with E-state index in [1.807, 2.05) is 75.6 Å². The lowest BCUT2D eigenvalue weighted by Gasteiger charge is -2.44. The van der Waals surface area contributed by atoms with E-state index >= 15 is 0 Å². The van der Waals surface area contributed by atoms with E-state index < -0.39 is 32.9 Å². The number of hydrogen-bond donors (Lipinski definition) is 1. The Morgan fingerprint density at radius 3 is 1.86 bits per heavy atom. The summed E-state index contributed by atoms with van der Waals surface area (Å²) in [6.07, 6.45) is 5.58. The lowest BCUT2D eigenvalue weighted by molar-refractivity contribution is -0.174. The number of likely N-dealkylation sites (tertiary alicyclic amines) is 1. The molecule has 0 radical (unpaired) electrons. The Balaban J connectivity index is 0.00000220. The average molecular weight is 709 g/mol. The maximum atomic E-state index is 14.7. The maximum Gasteiger partial charge on any atom is 0.313 e. The van der Waals surface area contributed by atoms with Crippen LogP contribution in [-0.4, -0.2) is 84.8 Å². The monoisotopic (exact) mass is 708 g/mol. The van der Waals surface area contributed by atoms with E-state index in [-0.39, 0.29) is 53.9 Å². The number of rotatable bonds is 7. The fraction of sp³-hybridized carbons (Fsp3) is 0.725. The number of para-hydroxylation sites is 1. The number of aliphatic hydroxyl groups excluding tert-OH is 1. The second kappa shape index (κ2) is 12.6. The summed E-state index contributed by atoms with van der Waals surface area (Å²) >= 11 is 0. The van der Waals surface area contributed by atoms with Crippen molar-refractivity contribution in [1.82, 2.24) is 4.90 Å². The summed E-state index contributed by atoms with van der Waals surface area (Å²) in [4.78, 5) is 71.3. The van der Waals surface area contributed by atoms with Crippen molar-refractivity contribution in [2.45, 2.75) is 111 Å². The Morgan fingerprint density at radius 1 is 0.843 bits per heavy atom. The molecule has 6 aliphatic rings. The third-order valence-corrected chi connectivity index (χ3v) is 15.1. The molecule has 5 fully saturated rings. The quantitative estimate of drug-likeness (QED) is 0.311. The fourth-order valence-electron chi connectivity index (χ4n) is 10.6. The van der Waals surface area contributed by atoms with Crippen LogP contribution in [0.15, 0.2) is 24.3 Å². The van der Waals surface area contributed by atoms with Gasteiger partial charge in [-0.25, -0.2) is 0 Å².